The standard InChI is InChI=1S/C36H72N3O4P/c1-16-25-37-31(4,5)22-19-28(34(37,10)11)41-44(40,42-29-20-23-32(6,7)38(26-17-2)35(29,12)13)43-30-21-24-33(8,9)39(27-18-3)36(30,14)15/h28-30H,16-27H2,1-15H3. The first-order valence-corrected chi connectivity index (χ1v) is 19.5. The second-order valence-electron chi connectivity index (χ2n) is 17.7. The molecule has 0 aliphatic carbocycles. The van der Waals surface area contributed by atoms with Gasteiger partial charge in [0.25, 0.3) is 0 Å². The monoisotopic (exact) mass is 642 g/mol. The fourth-order valence-corrected chi connectivity index (χ4v) is 11.5. The summed E-state index contributed by atoms with van der Waals surface area (Å²) < 4.78 is 36.1. The van der Waals surface area contributed by atoms with Gasteiger partial charge >= 0.3 is 7.82 Å². The average molecular weight is 642 g/mol. The SMILES string of the molecule is CCCN1C(C)(C)CCC(OP(=O)(OC2CCC(C)(C)N(CCC)C2(C)C)OC2CCC(C)(C)N(CCC)C2(C)C)C1(C)C. The van der Waals surface area contributed by atoms with E-state index < -0.39 is 7.82 Å². The molecule has 0 aromatic carbocycles. The summed E-state index contributed by atoms with van der Waals surface area (Å²) in [6.45, 7) is 37.1. The van der Waals surface area contributed by atoms with Crippen LogP contribution in [0.2, 0.25) is 0 Å². The Morgan fingerprint density at radius 1 is 0.500 bits per heavy atom. The normalized spacial score (nSPS) is 33.1. The van der Waals surface area contributed by atoms with Crippen LogP contribution in [0.15, 0.2) is 0 Å². The molecule has 0 aromatic heterocycles. The van der Waals surface area contributed by atoms with Crippen LogP contribution in [-0.2, 0) is 18.1 Å². The zero-order valence-corrected chi connectivity index (χ0v) is 32.5. The lowest BCUT2D eigenvalue weighted by Gasteiger charge is -2.58. The van der Waals surface area contributed by atoms with E-state index in [1.165, 1.54) is 0 Å². The highest BCUT2D eigenvalue weighted by Crippen LogP contribution is 2.60. The first-order chi connectivity index (χ1) is 20.0. The van der Waals surface area contributed by atoms with E-state index in [1.54, 1.807) is 0 Å². The molecule has 3 heterocycles. The quantitative estimate of drug-likeness (QED) is 0.197. The van der Waals surface area contributed by atoms with Gasteiger partial charge in [-0.2, -0.15) is 0 Å². The Hall–Kier alpha value is -0.0100. The molecule has 3 saturated heterocycles. The molecule has 0 N–H and O–H groups in total. The van der Waals surface area contributed by atoms with Gasteiger partial charge < -0.3 is 0 Å². The van der Waals surface area contributed by atoms with Crippen molar-refractivity contribution < 1.29 is 18.1 Å². The third-order valence-electron chi connectivity index (χ3n) is 11.8. The number of likely N-dealkylation sites (tertiary alicyclic amines) is 3. The Labute approximate surface area is 273 Å². The number of phosphoric ester groups is 1. The highest BCUT2D eigenvalue weighted by molar-refractivity contribution is 7.48. The largest absolute Gasteiger partial charge is 0.475 e. The number of phosphoric acid groups is 1. The van der Waals surface area contributed by atoms with Crippen molar-refractivity contribution in [3.8, 4) is 0 Å². The maximum atomic E-state index is 15.4. The molecule has 3 fully saturated rings. The number of nitrogens with zero attached hydrogens (tertiary/aromatic N) is 3. The fraction of sp³-hybridized carbons (Fsp3) is 1.00. The molecule has 7 nitrogen and oxygen atoms in total. The van der Waals surface area contributed by atoms with E-state index in [4.69, 9.17) is 13.6 Å². The van der Waals surface area contributed by atoms with Crippen LogP contribution in [-0.4, -0.2) is 85.9 Å². The van der Waals surface area contributed by atoms with E-state index in [9.17, 15) is 0 Å². The molecular weight excluding hydrogens is 569 g/mol. The Balaban J connectivity index is 2.03. The molecule has 3 aliphatic heterocycles. The van der Waals surface area contributed by atoms with Crippen LogP contribution in [0, 0.1) is 0 Å². The third kappa shape index (κ3) is 7.66. The Morgan fingerprint density at radius 2 is 0.727 bits per heavy atom. The van der Waals surface area contributed by atoms with Crippen molar-refractivity contribution in [2.75, 3.05) is 19.6 Å². The van der Waals surface area contributed by atoms with Crippen LogP contribution in [0.3, 0.4) is 0 Å². The first kappa shape index (κ1) is 38.4. The molecule has 3 atom stereocenters. The van der Waals surface area contributed by atoms with Crippen LogP contribution in [0.25, 0.3) is 0 Å². The summed E-state index contributed by atoms with van der Waals surface area (Å²) in [5.41, 5.74) is -0.842. The summed E-state index contributed by atoms with van der Waals surface area (Å²) in [4.78, 5) is 7.68. The molecule has 0 spiro atoms. The Morgan fingerprint density at radius 3 is 0.932 bits per heavy atom. The van der Waals surface area contributed by atoms with Crippen molar-refractivity contribution in [2.24, 2.45) is 0 Å². The van der Waals surface area contributed by atoms with E-state index in [1.807, 2.05) is 0 Å². The molecule has 0 radical (unpaired) electrons. The number of hydrogen-bond acceptors (Lipinski definition) is 7. The van der Waals surface area contributed by atoms with Gasteiger partial charge in [0.15, 0.2) is 0 Å². The Bertz CT molecular complexity index is 884. The molecule has 3 rings (SSSR count). The summed E-state index contributed by atoms with van der Waals surface area (Å²) in [7, 11) is -4.01. The molecule has 8 heteroatoms. The van der Waals surface area contributed by atoms with E-state index >= 15 is 4.57 Å². The van der Waals surface area contributed by atoms with Crippen LogP contribution >= 0.6 is 7.82 Å². The lowest BCUT2D eigenvalue weighted by Crippen LogP contribution is -2.66. The highest BCUT2D eigenvalue weighted by atomic mass is 31.2. The molecule has 44 heavy (non-hydrogen) atoms. The van der Waals surface area contributed by atoms with Crippen molar-refractivity contribution in [1.29, 1.82) is 0 Å². The molecule has 3 unspecified atom stereocenters. The average Bonchev–Trinajstić information content (AvgIpc) is 2.88. The summed E-state index contributed by atoms with van der Waals surface area (Å²) in [6, 6.07) is 0. The summed E-state index contributed by atoms with van der Waals surface area (Å²) in [6.07, 6.45) is 7.77. The molecule has 0 saturated carbocycles. The maximum Gasteiger partial charge on any atom is 0.475 e. The zero-order valence-electron chi connectivity index (χ0n) is 31.6. The fourth-order valence-electron chi connectivity index (χ4n) is 9.31. The number of hydrogen-bond donors (Lipinski definition) is 0. The van der Waals surface area contributed by atoms with Crippen LogP contribution in [0.1, 0.15) is 162 Å². The van der Waals surface area contributed by atoms with Crippen molar-refractivity contribution >= 4 is 7.82 Å². The van der Waals surface area contributed by atoms with Gasteiger partial charge in [0, 0.05) is 33.2 Å². The van der Waals surface area contributed by atoms with Crippen molar-refractivity contribution in [3.63, 3.8) is 0 Å². The van der Waals surface area contributed by atoms with E-state index in [0.717, 1.165) is 77.4 Å². The number of piperidine rings is 3. The zero-order chi connectivity index (χ0) is 33.6. The van der Waals surface area contributed by atoms with Gasteiger partial charge in [-0.3, -0.25) is 28.3 Å². The smallest absolute Gasteiger partial charge is 0.290 e. The molecule has 0 amide bonds. The minimum atomic E-state index is -4.01. The van der Waals surface area contributed by atoms with Gasteiger partial charge in [-0.25, -0.2) is 4.57 Å². The second-order valence-corrected chi connectivity index (χ2v) is 19.2. The summed E-state index contributed by atoms with van der Waals surface area (Å²) >= 11 is 0. The van der Waals surface area contributed by atoms with Crippen molar-refractivity contribution in [1.82, 2.24) is 14.7 Å². The minimum Gasteiger partial charge on any atom is -0.290 e. The van der Waals surface area contributed by atoms with Crippen molar-refractivity contribution in [3.05, 3.63) is 0 Å². The van der Waals surface area contributed by atoms with Crippen LogP contribution in [0.4, 0.5) is 0 Å². The van der Waals surface area contributed by atoms with Crippen LogP contribution < -0.4 is 0 Å². The lowest BCUT2D eigenvalue weighted by atomic mass is 9.77. The predicted molar refractivity (Wildman–Crippen MR) is 185 cm³/mol. The second kappa shape index (κ2) is 13.5. The topological polar surface area (TPSA) is 54.5 Å². The first-order valence-electron chi connectivity index (χ1n) is 18.0. The maximum absolute atomic E-state index is 15.4. The van der Waals surface area contributed by atoms with Crippen molar-refractivity contribution in [2.45, 2.75) is 213 Å². The van der Waals surface area contributed by atoms with Gasteiger partial charge in [0.05, 0.1) is 18.3 Å². The van der Waals surface area contributed by atoms with E-state index in [-0.39, 0.29) is 51.5 Å². The lowest BCUT2D eigenvalue weighted by molar-refractivity contribution is -0.143. The van der Waals surface area contributed by atoms with Gasteiger partial charge in [-0.15, -0.1) is 0 Å². The van der Waals surface area contributed by atoms with Gasteiger partial charge in [-0.1, -0.05) is 20.8 Å². The summed E-state index contributed by atoms with van der Waals surface area (Å²) in [5.74, 6) is 0. The van der Waals surface area contributed by atoms with E-state index in [0.29, 0.717) is 0 Å². The number of rotatable bonds is 12. The summed E-state index contributed by atoms with van der Waals surface area (Å²) in [5, 5.41) is 0. The predicted octanol–water partition coefficient (Wildman–Crippen LogP) is 9.44. The molecule has 0 aromatic rings. The van der Waals surface area contributed by atoms with Crippen LogP contribution in [0.5, 0.6) is 0 Å². The molecule has 260 valence electrons. The van der Waals surface area contributed by atoms with Gasteiger partial charge in [0.2, 0.25) is 0 Å². The van der Waals surface area contributed by atoms with E-state index in [2.05, 4.69) is 119 Å². The third-order valence-corrected chi connectivity index (χ3v) is 13.3. The minimum absolute atomic E-state index is 0.0419. The molecule has 3 aliphatic rings. The molecule has 0 bridgehead atoms. The Kier molecular flexibility index (Phi) is 11.8. The van der Waals surface area contributed by atoms with Gasteiger partial charge in [-0.05, 0) is 161 Å². The van der Waals surface area contributed by atoms with Gasteiger partial charge in [0.1, 0.15) is 0 Å². The molecular formula is C36H72N3O4P. The highest BCUT2D eigenvalue weighted by Gasteiger charge is 2.56.